The minimum atomic E-state index is -0.359. The van der Waals surface area contributed by atoms with Crippen LogP contribution in [0, 0.1) is 0 Å². The molecule has 4 heteroatoms. The molecule has 0 aromatic heterocycles. The molecule has 11 heavy (non-hydrogen) atoms. The van der Waals surface area contributed by atoms with E-state index in [1.807, 2.05) is 6.92 Å². The van der Waals surface area contributed by atoms with Crippen LogP contribution in [0.15, 0.2) is 0 Å². The molecule has 0 N–H and O–H groups in total. The zero-order valence-corrected chi connectivity index (χ0v) is 7.46. The molecule has 0 aromatic carbocycles. The number of nitrogens with zero attached hydrogens (tertiary/aromatic N) is 1. The number of ether oxygens (including phenoxy) is 2. The predicted molar refractivity (Wildman–Crippen MR) is 41.3 cm³/mol. The zero-order chi connectivity index (χ0) is 8.85. The minimum Gasteiger partial charge on any atom is -0.453 e. The van der Waals surface area contributed by atoms with Gasteiger partial charge < -0.3 is 9.47 Å². The van der Waals surface area contributed by atoms with Crippen LogP contribution in [0.25, 0.3) is 0 Å². The average Bonchev–Trinajstić information content (AvgIpc) is 2.05. The van der Waals surface area contributed by atoms with E-state index in [0.717, 1.165) is 0 Å². The lowest BCUT2D eigenvalue weighted by Crippen LogP contribution is -2.39. The fraction of sp³-hybridized carbons (Fsp3) is 0.857. The first-order chi connectivity index (χ1) is 5.17. The summed E-state index contributed by atoms with van der Waals surface area (Å²) >= 11 is 0. The Hall–Kier alpha value is -0.770. The van der Waals surface area contributed by atoms with Gasteiger partial charge in [0.1, 0.15) is 6.23 Å². The number of rotatable bonds is 3. The van der Waals surface area contributed by atoms with Gasteiger partial charge in [0.25, 0.3) is 0 Å². The molecule has 0 aliphatic carbocycles. The van der Waals surface area contributed by atoms with Gasteiger partial charge in [-0.1, -0.05) is 0 Å². The molecular weight excluding hydrogens is 146 g/mol. The van der Waals surface area contributed by atoms with E-state index in [-0.39, 0.29) is 12.3 Å². The largest absolute Gasteiger partial charge is 0.453 e. The van der Waals surface area contributed by atoms with Crippen molar-refractivity contribution in [3.8, 4) is 0 Å². The van der Waals surface area contributed by atoms with E-state index >= 15 is 0 Å². The Kier molecular flexibility index (Phi) is 4.61. The van der Waals surface area contributed by atoms with Crippen LogP contribution in [0.2, 0.25) is 0 Å². The number of carbonyl (C=O) groups excluding carboxylic acids is 1. The van der Waals surface area contributed by atoms with Crippen LogP contribution in [0.3, 0.4) is 0 Å². The van der Waals surface area contributed by atoms with Gasteiger partial charge in [0.2, 0.25) is 0 Å². The Morgan fingerprint density at radius 3 is 2.36 bits per heavy atom. The van der Waals surface area contributed by atoms with E-state index in [9.17, 15) is 4.79 Å². The van der Waals surface area contributed by atoms with Gasteiger partial charge >= 0.3 is 6.09 Å². The highest BCUT2D eigenvalue weighted by Gasteiger charge is 2.17. The molecule has 0 aliphatic rings. The quantitative estimate of drug-likeness (QED) is 0.581. The van der Waals surface area contributed by atoms with E-state index in [1.165, 1.54) is 12.0 Å². The molecule has 0 saturated heterocycles. The summed E-state index contributed by atoms with van der Waals surface area (Å²) in [6.07, 6.45) is -0.589. The summed E-state index contributed by atoms with van der Waals surface area (Å²) < 4.78 is 9.48. The van der Waals surface area contributed by atoms with Crippen molar-refractivity contribution >= 4 is 6.09 Å². The third-order valence-corrected chi connectivity index (χ3v) is 1.53. The molecule has 4 nitrogen and oxygen atoms in total. The minimum absolute atomic E-state index is 0.229. The lowest BCUT2D eigenvalue weighted by molar-refractivity contribution is -0.0108. The van der Waals surface area contributed by atoms with Gasteiger partial charge in [-0.25, -0.2) is 4.79 Å². The maximum Gasteiger partial charge on any atom is 0.411 e. The van der Waals surface area contributed by atoms with E-state index in [4.69, 9.17) is 4.74 Å². The van der Waals surface area contributed by atoms with Gasteiger partial charge in [-0.2, -0.15) is 0 Å². The van der Waals surface area contributed by atoms with Gasteiger partial charge in [-0.3, -0.25) is 4.90 Å². The van der Waals surface area contributed by atoms with Crippen LogP contribution < -0.4 is 0 Å². The summed E-state index contributed by atoms with van der Waals surface area (Å²) in [5.74, 6) is 0. The second kappa shape index (κ2) is 4.96. The predicted octanol–water partition coefficient (Wildman–Crippen LogP) is 1.07. The molecule has 0 radical (unpaired) electrons. The highest BCUT2D eigenvalue weighted by molar-refractivity contribution is 5.67. The van der Waals surface area contributed by atoms with Crippen LogP contribution in [-0.2, 0) is 9.47 Å². The Bertz CT molecular complexity index is 127. The summed E-state index contributed by atoms with van der Waals surface area (Å²) in [5, 5.41) is 0. The maximum atomic E-state index is 11.0. The molecule has 0 aromatic rings. The smallest absolute Gasteiger partial charge is 0.411 e. The lowest BCUT2D eigenvalue weighted by Gasteiger charge is -2.24. The van der Waals surface area contributed by atoms with Crippen molar-refractivity contribution in [3.05, 3.63) is 0 Å². The average molecular weight is 161 g/mol. The Balaban J connectivity index is 4.03. The molecule has 1 atom stereocenters. The number of methoxy groups -OCH3 is 2. The van der Waals surface area contributed by atoms with Gasteiger partial charge in [0.15, 0.2) is 0 Å². The molecule has 66 valence electrons. The summed E-state index contributed by atoms with van der Waals surface area (Å²) in [6, 6.07) is 0. The van der Waals surface area contributed by atoms with Crippen molar-refractivity contribution in [2.24, 2.45) is 0 Å². The summed E-state index contributed by atoms with van der Waals surface area (Å²) in [7, 11) is 2.91. The van der Waals surface area contributed by atoms with Crippen LogP contribution in [-0.4, -0.2) is 38.0 Å². The molecule has 0 aliphatic heterocycles. The Morgan fingerprint density at radius 1 is 1.55 bits per heavy atom. The fourth-order valence-corrected chi connectivity index (χ4v) is 0.779. The standard InChI is InChI=1S/C7H15NO3/c1-5-8(6(2)10-3)7(9)11-4/h6H,5H2,1-4H3. The summed E-state index contributed by atoms with van der Waals surface area (Å²) in [6.45, 7) is 4.24. The normalized spacial score (nSPS) is 12.4. The summed E-state index contributed by atoms with van der Waals surface area (Å²) in [4.78, 5) is 12.5. The summed E-state index contributed by atoms with van der Waals surface area (Å²) in [5.41, 5.74) is 0. The van der Waals surface area contributed by atoms with Crippen molar-refractivity contribution < 1.29 is 14.3 Å². The monoisotopic (exact) mass is 161 g/mol. The van der Waals surface area contributed by atoms with E-state index < -0.39 is 0 Å². The fourth-order valence-electron chi connectivity index (χ4n) is 0.779. The maximum absolute atomic E-state index is 11.0. The van der Waals surface area contributed by atoms with Crippen LogP contribution in [0.5, 0.6) is 0 Å². The van der Waals surface area contributed by atoms with Gasteiger partial charge in [-0.15, -0.1) is 0 Å². The molecule has 0 heterocycles. The second-order valence-electron chi connectivity index (χ2n) is 2.09. The molecule has 1 unspecified atom stereocenters. The number of hydrogen-bond acceptors (Lipinski definition) is 3. The van der Waals surface area contributed by atoms with Crippen molar-refractivity contribution in [3.63, 3.8) is 0 Å². The van der Waals surface area contributed by atoms with Gasteiger partial charge in [0, 0.05) is 13.7 Å². The van der Waals surface area contributed by atoms with Gasteiger partial charge in [0.05, 0.1) is 7.11 Å². The Labute approximate surface area is 67.1 Å². The first-order valence-corrected chi connectivity index (χ1v) is 3.54. The van der Waals surface area contributed by atoms with Gasteiger partial charge in [-0.05, 0) is 13.8 Å². The third kappa shape index (κ3) is 2.76. The van der Waals surface area contributed by atoms with Crippen molar-refractivity contribution in [2.75, 3.05) is 20.8 Å². The molecule has 0 saturated carbocycles. The van der Waals surface area contributed by atoms with Crippen LogP contribution in [0.1, 0.15) is 13.8 Å². The van der Waals surface area contributed by atoms with E-state index in [1.54, 1.807) is 14.0 Å². The Morgan fingerprint density at radius 2 is 2.09 bits per heavy atom. The van der Waals surface area contributed by atoms with E-state index in [0.29, 0.717) is 6.54 Å². The second-order valence-corrected chi connectivity index (χ2v) is 2.09. The highest BCUT2D eigenvalue weighted by atomic mass is 16.6. The van der Waals surface area contributed by atoms with Crippen molar-refractivity contribution in [1.82, 2.24) is 4.90 Å². The lowest BCUT2D eigenvalue weighted by atomic mass is 10.5. The number of amides is 1. The molecular formula is C7H15NO3. The third-order valence-electron chi connectivity index (χ3n) is 1.53. The topological polar surface area (TPSA) is 38.8 Å². The van der Waals surface area contributed by atoms with E-state index in [2.05, 4.69) is 4.74 Å². The SMILES string of the molecule is CCN(C(=O)OC)C(C)OC. The number of hydrogen-bond donors (Lipinski definition) is 0. The molecule has 1 amide bonds. The van der Waals surface area contributed by atoms with Crippen LogP contribution >= 0.6 is 0 Å². The number of carbonyl (C=O) groups is 1. The molecule has 0 fully saturated rings. The molecule has 0 spiro atoms. The first-order valence-electron chi connectivity index (χ1n) is 3.54. The zero-order valence-electron chi connectivity index (χ0n) is 7.46. The van der Waals surface area contributed by atoms with Crippen molar-refractivity contribution in [1.29, 1.82) is 0 Å². The van der Waals surface area contributed by atoms with Crippen molar-refractivity contribution in [2.45, 2.75) is 20.1 Å². The van der Waals surface area contributed by atoms with Crippen LogP contribution in [0.4, 0.5) is 4.79 Å². The molecule has 0 bridgehead atoms. The first kappa shape index (κ1) is 10.2. The highest BCUT2D eigenvalue weighted by Crippen LogP contribution is 2.00. The molecule has 0 rings (SSSR count).